The molecule has 0 heterocycles. The number of hydrogen-bond donors (Lipinski definition) is 0. The molecule has 0 saturated heterocycles. The van der Waals surface area contributed by atoms with E-state index in [1.807, 2.05) is 72.8 Å². The quantitative estimate of drug-likeness (QED) is 0.141. The summed E-state index contributed by atoms with van der Waals surface area (Å²) >= 11 is 0. The Hall–Kier alpha value is -5.92. The van der Waals surface area contributed by atoms with Crippen LogP contribution in [0.15, 0.2) is 176 Å². The number of nitrogens with zero attached hydrogens (tertiary/aromatic N) is 1. The number of rotatable bonds is 6. The molecule has 0 unspecified atom stereocenters. The Morgan fingerprint density at radius 2 is 0.711 bits per heavy atom. The van der Waals surface area contributed by atoms with Crippen molar-refractivity contribution in [2.75, 3.05) is 4.90 Å². The van der Waals surface area contributed by atoms with Crippen LogP contribution < -0.4 is 4.90 Å². The molecule has 8 aromatic carbocycles. The fraction of sp³-hybridized carbons (Fsp3) is 0. The summed E-state index contributed by atoms with van der Waals surface area (Å²) in [6.07, 6.45) is 0. The van der Waals surface area contributed by atoms with Crippen molar-refractivity contribution in [1.82, 2.24) is 0 Å². The van der Waals surface area contributed by atoms with Crippen molar-refractivity contribution >= 4 is 61.5 Å². The van der Waals surface area contributed by atoms with Crippen LogP contribution in [0.2, 0.25) is 0 Å². The number of anilines is 3. The largest absolute Gasteiger partial charge is 0.311 e. The van der Waals surface area contributed by atoms with E-state index in [1.165, 1.54) is 32.3 Å². The van der Waals surface area contributed by atoms with Gasteiger partial charge >= 0.3 is 0 Å². The molecule has 212 valence electrons. The van der Waals surface area contributed by atoms with Crippen LogP contribution in [0.25, 0.3) is 55.5 Å². The fourth-order valence-corrected chi connectivity index (χ4v) is 6.27. The first-order chi connectivity index (χ1) is 23.2. The second-order valence-electron chi connectivity index (χ2n) is 11.2. The Morgan fingerprint density at radius 3 is 1.22 bits per heavy atom. The van der Waals surface area contributed by atoms with E-state index in [0.717, 1.165) is 33.8 Å². The Balaban J connectivity index is 1.10. The van der Waals surface area contributed by atoms with E-state index in [1.54, 1.807) is 0 Å². The predicted octanol–water partition coefficient (Wildman–Crippen LogP) is 12.5. The lowest BCUT2D eigenvalue weighted by Gasteiger charge is -2.25. The predicted molar refractivity (Wildman–Crippen MR) is 194 cm³/mol. The van der Waals surface area contributed by atoms with Crippen molar-refractivity contribution in [3.63, 3.8) is 0 Å². The maximum atomic E-state index is 8.90. The molecular weight excluding hydrogens is 542 g/mol. The molecule has 8 aromatic rings. The van der Waals surface area contributed by atoms with Crippen molar-refractivity contribution in [3.05, 3.63) is 187 Å². The summed E-state index contributed by atoms with van der Waals surface area (Å²) in [4.78, 5) is 2.19. The minimum atomic E-state index is 0.194. The van der Waals surface area contributed by atoms with Crippen molar-refractivity contribution in [2.24, 2.45) is 0 Å². The Labute approximate surface area is 266 Å². The molecule has 0 aliphatic heterocycles. The third kappa shape index (κ3) is 5.15. The second-order valence-corrected chi connectivity index (χ2v) is 11.2. The van der Waals surface area contributed by atoms with Gasteiger partial charge in [-0.1, -0.05) is 146 Å². The van der Waals surface area contributed by atoms with Gasteiger partial charge in [-0.3, -0.25) is 0 Å². The summed E-state index contributed by atoms with van der Waals surface area (Å²) in [5, 5.41) is 7.52. The van der Waals surface area contributed by atoms with E-state index in [9.17, 15) is 0 Å². The van der Waals surface area contributed by atoms with Crippen LogP contribution >= 0.6 is 0 Å². The lowest BCUT2D eigenvalue weighted by Crippen LogP contribution is -2.09. The van der Waals surface area contributed by atoms with E-state index in [-0.39, 0.29) is 12.1 Å². The van der Waals surface area contributed by atoms with Gasteiger partial charge in [-0.25, -0.2) is 0 Å². The van der Waals surface area contributed by atoms with Gasteiger partial charge in [-0.2, -0.15) is 0 Å². The average Bonchev–Trinajstić information content (AvgIpc) is 3.15. The van der Waals surface area contributed by atoms with Crippen LogP contribution in [0, 0.1) is 0 Å². The monoisotopic (exact) mass is 575 g/mol. The number of para-hydroxylation sites is 2. The molecule has 0 aliphatic carbocycles. The van der Waals surface area contributed by atoms with Gasteiger partial charge in [0.2, 0.25) is 0 Å². The summed E-state index contributed by atoms with van der Waals surface area (Å²) in [7, 11) is 0. The molecule has 0 radical (unpaired) electrons. The zero-order valence-electron chi connectivity index (χ0n) is 26.7. The Kier molecular flexibility index (Phi) is 6.34. The van der Waals surface area contributed by atoms with Crippen LogP contribution in [0.3, 0.4) is 0 Å². The van der Waals surface area contributed by atoms with Crippen LogP contribution in [0.4, 0.5) is 17.1 Å². The molecule has 1 nitrogen and oxygen atoms in total. The van der Waals surface area contributed by atoms with Crippen LogP contribution in [0.1, 0.15) is 13.9 Å². The van der Waals surface area contributed by atoms with Gasteiger partial charge in [0.15, 0.2) is 0 Å². The Morgan fingerprint density at radius 1 is 0.333 bits per heavy atom. The molecule has 0 spiro atoms. The SMILES string of the molecule is [2H]/C(=C(/[2H])c1ccc(N(c2ccccc2)c2ccccc2)cc1)c1ccc(-c2ccc3c4ccccc4c4ccccc4c3c2)cc1. The highest BCUT2D eigenvalue weighted by Gasteiger charge is 2.12. The van der Waals surface area contributed by atoms with Crippen LogP contribution in [-0.4, -0.2) is 0 Å². The number of fused-ring (bicyclic) bond motifs is 6. The summed E-state index contributed by atoms with van der Waals surface area (Å²) in [5.41, 5.74) is 6.74. The van der Waals surface area contributed by atoms with E-state index < -0.39 is 0 Å². The van der Waals surface area contributed by atoms with Crippen molar-refractivity contribution in [2.45, 2.75) is 0 Å². The minimum Gasteiger partial charge on any atom is -0.311 e. The van der Waals surface area contributed by atoms with E-state index in [0.29, 0.717) is 5.56 Å². The highest BCUT2D eigenvalue weighted by molar-refractivity contribution is 6.25. The highest BCUT2D eigenvalue weighted by Crippen LogP contribution is 2.37. The van der Waals surface area contributed by atoms with Gasteiger partial charge in [0, 0.05) is 17.1 Å². The van der Waals surface area contributed by atoms with E-state index in [2.05, 4.69) is 108 Å². The summed E-state index contributed by atoms with van der Waals surface area (Å²) in [6.45, 7) is 0. The van der Waals surface area contributed by atoms with E-state index in [4.69, 9.17) is 2.74 Å². The minimum absolute atomic E-state index is 0.194. The second kappa shape index (κ2) is 11.6. The molecule has 0 N–H and O–H groups in total. The highest BCUT2D eigenvalue weighted by atomic mass is 15.1. The first-order valence-corrected chi connectivity index (χ1v) is 15.3. The summed E-state index contributed by atoms with van der Waals surface area (Å²) in [5.74, 6) is 0. The molecule has 1 heteroatoms. The van der Waals surface area contributed by atoms with Gasteiger partial charge in [0.1, 0.15) is 0 Å². The molecule has 0 atom stereocenters. The smallest absolute Gasteiger partial charge is 0.0629 e. The molecule has 0 aliphatic rings. The van der Waals surface area contributed by atoms with Crippen LogP contribution in [0.5, 0.6) is 0 Å². The first kappa shape index (κ1) is 24.5. The van der Waals surface area contributed by atoms with Crippen molar-refractivity contribution in [3.8, 4) is 11.1 Å². The summed E-state index contributed by atoms with van der Waals surface area (Å²) < 4.78 is 17.8. The topological polar surface area (TPSA) is 3.24 Å². The molecule has 0 aromatic heterocycles. The van der Waals surface area contributed by atoms with Gasteiger partial charge in [0.05, 0.1) is 2.74 Å². The zero-order valence-corrected chi connectivity index (χ0v) is 24.7. The van der Waals surface area contributed by atoms with Crippen LogP contribution in [-0.2, 0) is 0 Å². The first-order valence-electron chi connectivity index (χ1n) is 16.3. The lowest BCUT2D eigenvalue weighted by atomic mass is 9.92. The van der Waals surface area contributed by atoms with Crippen molar-refractivity contribution < 1.29 is 2.74 Å². The van der Waals surface area contributed by atoms with Gasteiger partial charge in [-0.05, 0) is 97.0 Å². The average molecular weight is 576 g/mol. The molecule has 45 heavy (non-hydrogen) atoms. The summed E-state index contributed by atoms with van der Waals surface area (Å²) in [6, 6.07) is 60.8. The third-order valence-electron chi connectivity index (χ3n) is 8.47. The molecule has 0 amide bonds. The molecule has 0 bridgehead atoms. The number of hydrogen-bond acceptors (Lipinski definition) is 1. The molecule has 0 fully saturated rings. The lowest BCUT2D eigenvalue weighted by molar-refractivity contribution is 1.28. The van der Waals surface area contributed by atoms with E-state index >= 15 is 0 Å². The Bertz CT molecular complexity index is 2320. The fourth-order valence-electron chi connectivity index (χ4n) is 6.27. The van der Waals surface area contributed by atoms with Gasteiger partial charge < -0.3 is 4.90 Å². The maximum absolute atomic E-state index is 8.90. The normalized spacial score (nSPS) is 12.5. The third-order valence-corrected chi connectivity index (χ3v) is 8.47. The zero-order chi connectivity index (χ0) is 31.7. The number of benzene rings is 8. The molecular formula is C44H31N. The van der Waals surface area contributed by atoms with Crippen molar-refractivity contribution in [1.29, 1.82) is 0 Å². The standard InChI is InChI=1S/C44H31N/c1-3-11-36(12-4-1)45(37-13-5-2-6-14-37)38-28-23-33(24-29-38)20-19-32-21-25-34(26-22-32)35-27-30-43-41-17-8-7-15-39(41)40-16-9-10-18-42(40)44(43)31-35/h1-31H/b20-19+/i19D,20D. The van der Waals surface area contributed by atoms with Gasteiger partial charge in [0.25, 0.3) is 0 Å². The molecule has 0 saturated carbocycles. The molecule has 8 rings (SSSR count). The maximum Gasteiger partial charge on any atom is 0.0629 e. The van der Waals surface area contributed by atoms with Gasteiger partial charge in [-0.15, -0.1) is 0 Å².